The number of carbonyl (C=O) groups excluding carboxylic acids is 1. The van der Waals surface area contributed by atoms with Gasteiger partial charge in [-0.2, -0.15) is 0 Å². The second-order valence-corrected chi connectivity index (χ2v) is 9.01. The number of carbonyl (C=O) groups is 1. The first-order valence-corrected chi connectivity index (χ1v) is 11.9. The van der Waals surface area contributed by atoms with Crippen LogP contribution in [0.1, 0.15) is 0 Å². The summed E-state index contributed by atoms with van der Waals surface area (Å²) in [7, 11) is 0. The number of benzene rings is 3. The van der Waals surface area contributed by atoms with Gasteiger partial charge in [0.25, 0.3) is 0 Å². The van der Waals surface area contributed by atoms with Crippen molar-refractivity contribution in [2.24, 2.45) is 0 Å². The normalized spacial score (nSPS) is 14.4. The Hall–Kier alpha value is -3.19. The molecule has 172 valence electrons. The number of nitrogens with one attached hydrogen (secondary N) is 1. The number of rotatable bonds is 5. The number of para-hydroxylation sites is 1. The van der Waals surface area contributed by atoms with Gasteiger partial charge >= 0.3 is 0 Å². The molecule has 0 unspecified atom stereocenters. The summed E-state index contributed by atoms with van der Waals surface area (Å²) in [5, 5.41) is 15.1. The van der Waals surface area contributed by atoms with Crippen LogP contribution in [0, 0.1) is 0 Å². The molecular weight excluding hydrogens is 469 g/mol. The highest BCUT2D eigenvalue weighted by Crippen LogP contribution is 2.32. The zero-order valence-corrected chi connectivity index (χ0v) is 19.9. The van der Waals surface area contributed by atoms with Crippen LogP contribution >= 0.6 is 23.2 Å². The van der Waals surface area contributed by atoms with E-state index in [2.05, 4.69) is 49.6 Å². The summed E-state index contributed by atoms with van der Waals surface area (Å²) in [5.74, 6) is 0.739. The van der Waals surface area contributed by atoms with Crippen molar-refractivity contribution in [2.45, 2.75) is 0 Å². The molecule has 6 nitrogen and oxygen atoms in total. The van der Waals surface area contributed by atoms with Crippen molar-refractivity contribution in [3.05, 3.63) is 82.8 Å². The molecule has 8 heteroatoms. The number of halogens is 2. The minimum atomic E-state index is -0.138. The molecule has 4 aromatic rings. The van der Waals surface area contributed by atoms with Gasteiger partial charge in [0.2, 0.25) is 5.91 Å². The van der Waals surface area contributed by atoms with Crippen LogP contribution in [0.4, 0.5) is 11.5 Å². The highest BCUT2D eigenvalue weighted by molar-refractivity contribution is 6.39. The smallest absolute Gasteiger partial charge is 0.238 e. The standard InChI is InChI=1S/C26H23Cl2N5O/c27-21-11-6-12-22(28)25(21)29-23(34)17-32-13-15-33(16-14-32)26-20-10-5-4-9-19(20)24(30-31-26)18-7-2-1-3-8-18/h1-12H,13-17H2,(H,29,34). The number of hydrogen-bond acceptors (Lipinski definition) is 5. The van der Waals surface area contributed by atoms with Gasteiger partial charge in [-0.3, -0.25) is 9.69 Å². The average molecular weight is 492 g/mol. The fourth-order valence-corrected chi connectivity index (χ4v) is 4.74. The van der Waals surface area contributed by atoms with Crippen LogP contribution in [0.2, 0.25) is 10.0 Å². The van der Waals surface area contributed by atoms with E-state index in [4.69, 9.17) is 23.2 Å². The van der Waals surface area contributed by atoms with E-state index >= 15 is 0 Å². The number of nitrogens with zero attached hydrogens (tertiary/aromatic N) is 4. The van der Waals surface area contributed by atoms with Gasteiger partial charge in [-0.25, -0.2) is 0 Å². The SMILES string of the molecule is O=C(CN1CCN(c2nnc(-c3ccccc3)c3ccccc23)CC1)Nc1c(Cl)cccc1Cl. The molecule has 2 heterocycles. The monoisotopic (exact) mass is 491 g/mol. The maximum absolute atomic E-state index is 12.6. The summed E-state index contributed by atoms with van der Waals surface area (Å²) in [4.78, 5) is 16.9. The topological polar surface area (TPSA) is 61.4 Å². The van der Waals surface area contributed by atoms with E-state index < -0.39 is 0 Å². The van der Waals surface area contributed by atoms with E-state index in [9.17, 15) is 4.79 Å². The van der Waals surface area contributed by atoms with Crippen LogP contribution in [0.5, 0.6) is 0 Å². The van der Waals surface area contributed by atoms with Crippen LogP contribution < -0.4 is 10.2 Å². The van der Waals surface area contributed by atoms with Crippen molar-refractivity contribution in [2.75, 3.05) is 42.9 Å². The largest absolute Gasteiger partial charge is 0.352 e. The molecule has 34 heavy (non-hydrogen) atoms. The number of aromatic nitrogens is 2. The molecule has 0 aliphatic carbocycles. The van der Waals surface area contributed by atoms with Gasteiger partial charge < -0.3 is 10.2 Å². The van der Waals surface area contributed by atoms with Crippen LogP contribution in [0.3, 0.4) is 0 Å². The summed E-state index contributed by atoms with van der Waals surface area (Å²) < 4.78 is 0. The Morgan fingerprint density at radius 3 is 2.15 bits per heavy atom. The number of anilines is 2. The molecule has 0 radical (unpaired) electrons. The molecule has 1 amide bonds. The number of amides is 1. The molecule has 1 saturated heterocycles. The van der Waals surface area contributed by atoms with Crippen LogP contribution in [-0.2, 0) is 4.79 Å². The zero-order chi connectivity index (χ0) is 23.5. The average Bonchev–Trinajstić information content (AvgIpc) is 2.87. The Morgan fingerprint density at radius 2 is 1.44 bits per heavy atom. The van der Waals surface area contributed by atoms with Gasteiger partial charge in [0, 0.05) is 42.5 Å². The van der Waals surface area contributed by atoms with Crippen molar-refractivity contribution in [3.8, 4) is 11.3 Å². The van der Waals surface area contributed by atoms with Gasteiger partial charge in [0.05, 0.1) is 22.3 Å². The maximum Gasteiger partial charge on any atom is 0.238 e. The first kappa shape index (κ1) is 22.6. The number of piperazine rings is 1. The molecule has 1 aromatic heterocycles. The Kier molecular flexibility index (Phi) is 6.63. The molecule has 0 spiro atoms. The summed E-state index contributed by atoms with van der Waals surface area (Å²) in [6.07, 6.45) is 0. The van der Waals surface area contributed by atoms with E-state index in [1.165, 1.54) is 0 Å². The van der Waals surface area contributed by atoms with E-state index in [-0.39, 0.29) is 12.5 Å². The predicted octanol–water partition coefficient (Wildman–Crippen LogP) is 5.36. The minimum Gasteiger partial charge on any atom is -0.352 e. The minimum absolute atomic E-state index is 0.138. The lowest BCUT2D eigenvalue weighted by molar-refractivity contribution is -0.117. The lowest BCUT2D eigenvalue weighted by Gasteiger charge is -2.35. The van der Waals surface area contributed by atoms with Gasteiger partial charge in [0.1, 0.15) is 5.69 Å². The summed E-state index contributed by atoms with van der Waals surface area (Å²) in [6.45, 7) is 3.25. The van der Waals surface area contributed by atoms with Crippen LogP contribution in [-0.4, -0.2) is 53.7 Å². The van der Waals surface area contributed by atoms with Crippen molar-refractivity contribution in [1.82, 2.24) is 15.1 Å². The van der Waals surface area contributed by atoms with Crippen molar-refractivity contribution in [1.29, 1.82) is 0 Å². The van der Waals surface area contributed by atoms with E-state index in [1.54, 1.807) is 18.2 Å². The molecule has 0 atom stereocenters. The highest BCUT2D eigenvalue weighted by Gasteiger charge is 2.23. The van der Waals surface area contributed by atoms with Gasteiger partial charge in [0.15, 0.2) is 5.82 Å². The summed E-state index contributed by atoms with van der Waals surface area (Å²) in [5.41, 5.74) is 2.38. The third-order valence-corrected chi connectivity index (χ3v) is 6.61. The van der Waals surface area contributed by atoms with E-state index in [0.717, 1.165) is 54.0 Å². The van der Waals surface area contributed by atoms with Crippen LogP contribution in [0.25, 0.3) is 22.0 Å². The lowest BCUT2D eigenvalue weighted by Crippen LogP contribution is -2.49. The van der Waals surface area contributed by atoms with Crippen molar-refractivity contribution in [3.63, 3.8) is 0 Å². The molecule has 0 bridgehead atoms. The number of hydrogen-bond donors (Lipinski definition) is 1. The van der Waals surface area contributed by atoms with Crippen molar-refractivity contribution < 1.29 is 4.79 Å². The molecule has 0 saturated carbocycles. The molecule has 5 rings (SSSR count). The fraction of sp³-hybridized carbons (Fsp3) is 0.192. The molecule has 3 aromatic carbocycles. The second-order valence-electron chi connectivity index (χ2n) is 8.19. The fourth-order valence-electron chi connectivity index (χ4n) is 4.25. The van der Waals surface area contributed by atoms with E-state index in [1.807, 2.05) is 30.3 Å². The molecule has 1 N–H and O–H groups in total. The zero-order valence-electron chi connectivity index (χ0n) is 18.4. The predicted molar refractivity (Wildman–Crippen MR) is 139 cm³/mol. The Labute approximate surface area is 208 Å². The summed E-state index contributed by atoms with van der Waals surface area (Å²) in [6, 6.07) is 23.5. The Bertz CT molecular complexity index is 1300. The first-order chi connectivity index (χ1) is 16.6. The van der Waals surface area contributed by atoms with Gasteiger partial charge in [-0.15, -0.1) is 10.2 Å². The quantitative estimate of drug-likeness (QED) is 0.406. The molecule has 1 fully saturated rings. The van der Waals surface area contributed by atoms with Crippen molar-refractivity contribution >= 4 is 51.4 Å². The first-order valence-electron chi connectivity index (χ1n) is 11.1. The molecular formula is C26H23Cl2N5O. The molecule has 1 aliphatic rings. The highest BCUT2D eigenvalue weighted by atomic mass is 35.5. The Morgan fingerprint density at radius 1 is 0.794 bits per heavy atom. The number of fused-ring (bicyclic) bond motifs is 1. The van der Waals surface area contributed by atoms with E-state index in [0.29, 0.717) is 15.7 Å². The van der Waals surface area contributed by atoms with Gasteiger partial charge in [-0.1, -0.05) is 83.9 Å². The lowest BCUT2D eigenvalue weighted by atomic mass is 10.0. The second kappa shape index (κ2) is 9.97. The van der Waals surface area contributed by atoms with Gasteiger partial charge in [-0.05, 0) is 12.1 Å². The summed E-state index contributed by atoms with van der Waals surface area (Å²) >= 11 is 12.3. The van der Waals surface area contributed by atoms with Crippen LogP contribution in [0.15, 0.2) is 72.8 Å². The maximum atomic E-state index is 12.6. The Balaban J connectivity index is 1.28. The third kappa shape index (κ3) is 4.71. The third-order valence-electron chi connectivity index (χ3n) is 5.98. The molecule has 1 aliphatic heterocycles.